The molecule has 5 heteroatoms. The molecule has 2 aromatic carbocycles. The van der Waals surface area contributed by atoms with Crippen LogP contribution in [-0.2, 0) is 4.79 Å². The Kier molecular flexibility index (Phi) is 5.15. The van der Waals surface area contributed by atoms with Gasteiger partial charge in [0.25, 0.3) is 0 Å². The molecule has 5 nitrogen and oxygen atoms in total. The second-order valence-electron chi connectivity index (χ2n) is 4.76. The van der Waals surface area contributed by atoms with Crippen molar-refractivity contribution in [2.75, 3.05) is 7.11 Å². The largest absolute Gasteiger partial charge is 0.497 e. The van der Waals surface area contributed by atoms with Crippen LogP contribution in [0.15, 0.2) is 60.7 Å². The number of methoxy groups -OCH3 is 1. The molecular formula is C18H16O5. The molecule has 0 saturated heterocycles. The number of hydrogen-bond acceptors (Lipinski definition) is 5. The Morgan fingerprint density at radius 2 is 1.30 bits per heavy atom. The van der Waals surface area contributed by atoms with E-state index in [9.17, 15) is 9.59 Å². The number of ether oxygens (including phenoxy) is 3. The summed E-state index contributed by atoms with van der Waals surface area (Å²) < 4.78 is 15.3. The van der Waals surface area contributed by atoms with Crippen LogP contribution in [-0.4, -0.2) is 19.0 Å². The van der Waals surface area contributed by atoms with Crippen LogP contribution in [0.3, 0.4) is 0 Å². The van der Waals surface area contributed by atoms with Crippen LogP contribution in [0.4, 0.5) is 0 Å². The first-order chi connectivity index (χ1) is 11.0. The van der Waals surface area contributed by atoms with E-state index in [1.807, 2.05) is 0 Å². The molecule has 0 unspecified atom stereocenters. The topological polar surface area (TPSA) is 61.8 Å². The van der Waals surface area contributed by atoms with Crippen molar-refractivity contribution < 1.29 is 23.8 Å². The van der Waals surface area contributed by atoms with Gasteiger partial charge in [-0.25, -0.2) is 9.59 Å². The van der Waals surface area contributed by atoms with E-state index < -0.39 is 11.9 Å². The Morgan fingerprint density at radius 3 is 1.83 bits per heavy atom. The molecule has 0 radical (unpaired) electrons. The zero-order valence-corrected chi connectivity index (χ0v) is 12.9. The Morgan fingerprint density at radius 1 is 0.826 bits per heavy atom. The number of carbonyl (C=O) groups is 2. The molecular weight excluding hydrogens is 296 g/mol. The summed E-state index contributed by atoms with van der Waals surface area (Å²) >= 11 is 0. The molecule has 0 aliphatic rings. The third-order valence-electron chi connectivity index (χ3n) is 2.92. The van der Waals surface area contributed by atoms with Gasteiger partial charge >= 0.3 is 11.9 Å². The summed E-state index contributed by atoms with van der Waals surface area (Å²) in [6.07, 6.45) is 0. The van der Waals surface area contributed by atoms with Crippen molar-refractivity contribution in [1.29, 1.82) is 0 Å². The van der Waals surface area contributed by atoms with Gasteiger partial charge in [0.2, 0.25) is 0 Å². The number of esters is 2. The molecule has 118 valence electrons. The highest BCUT2D eigenvalue weighted by molar-refractivity contribution is 5.92. The highest BCUT2D eigenvalue weighted by Crippen LogP contribution is 2.19. The van der Waals surface area contributed by atoms with E-state index in [0.717, 1.165) is 0 Å². The van der Waals surface area contributed by atoms with E-state index in [-0.39, 0.29) is 0 Å². The van der Waals surface area contributed by atoms with Crippen LogP contribution < -0.4 is 14.2 Å². The first-order valence-electron chi connectivity index (χ1n) is 6.83. The molecule has 2 rings (SSSR count). The van der Waals surface area contributed by atoms with Crippen molar-refractivity contribution >= 4 is 11.9 Å². The SMILES string of the molecule is C=C(C)C(=O)Oc1ccc(C(=O)Oc2ccc(OC)cc2)cc1. The summed E-state index contributed by atoms with van der Waals surface area (Å²) in [5.41, 5.74) is 0.643. The van der Waals surface area contributed by atoms with Crippen molar-refractivity contribution in [1.82, 2.24) is 0 Å². The van der Waals surface area contributed by atoms with Gasteiger partial charge in [0.05, 0.1) is 12.7 Å². The van der Waals surface area contributed by atoms with Gasteiger partial charge in [-0.3, -0.25) is 0 Å². The maximum absolute atomic E-state index is 12.0. The smallest absolute Gasteiger partial charge is 0.343 e. The number of benzene rings is 2. The molecule has 0 atom stereocenters. The van der Waals surface area contributed by atoms with Gasteiger partial charge in [0.1, 0.15) is 17.2 Å². The van der Waals surface area contributed by atoms with Gasteiger partial charge in [-0.2, -0.15) is 0 Å². The van der Waals surface area contributed by atoms with E-state index in [1.165, 1.54) is 24.3 Å². The fourth-order valence-electron chi connectivity index (χ4n) is 1.66. The maximum Gasteiger partial charge on any atom is 0.343 e. The lowest BCUT2D eigenvalue weighted by Gasteiger charge is -2.07. The minimum absolute atomic E-state index is 0.299. The average molecular weight is 312 g/mol. The molecule has 0 aromatic heterocycles. The quantitative estimate of drug-likeness (QED) is 0.481. The molecule has 0 amide bonds. The van der Waals surface area contributed by atoms with E-state index in [1.54, 1.807) is 38.3 Å². The normalized spacial score (nSPS) is 9.83. The van der Waals surface area contributed by atoms with Crippen molar-refractivity contribution in [2.24, 2.45) is 0 Å². The van der Waals surface area contributed by atoms with Gasteiger partial charge in [-0.15, -0.1) is 0 Å². The highest BCUT2D eigenvalue weighted by atomic mass is 16.5. The lowest BCUT2D eigenvalue weighted by Crippen LogP contribution is -2.10. The monoisotopic (exact) mass is 312 g/mol. The Labute approximate surface area is 134 Å². The summed E-state index contributed by atoms with van der Waals surface area (Å²) in [4.78, 5) is 23.4. The van der Waals surface area contributed by atoms with E-state index >= 15 is 0 Å². The standard InChI is InChI=1S/C18H16O5/c1-12(2)17(19)22-15-6-4-13(5-7-15)18(20)23-16-10-8-14(21-3)9-11-16/h4-11H,1H2,2-3H3. The number of rotatable bonds is 5. The van der Waals surface area contributed by atoms with Crippen LogP contribution in [0.2, 0.25) is 0 Å². The van der Waals surface area contributed by atoms with Crippen LogP contribution in [0.1, 0.15) is 17.3 Å². The second kappa shape index (κ2) is 7.26. The summed E-state index contributed by atoms with van der Waals surface area (Å²) in [6, 6.07) is 12.8. The molecule has 0 fully saturated rings. The third kappa shape index (κ3) is 4.44. The van der Waals surface area contributed by atoms with Crippen LogP contribution in [0, 0.1) is 0 Å². The van der Waals surface area contributed by atoms with Crippen LogP contribution in [0.25, 0.3) is 0 Å². The minimum atomic E-state index is -0.515. The van der Waals surface area contributed by atoms with Gasteiger partial charge in [0, 0.05) is 5.57 Å². The van der Waals surface area contributed by atoms with Crippen molar-refractivity contribution in [3.05, 3.63) is 66.2 Å². The van der Waals surface area contributed by atoms with Crippen LogP contribution in [0.5, 0.6) is 17.2 Å². The third-order valence-corrected chi connectivity index (χ3v) is 2.92. The van der Waals surface area contributed by atoms with Gasteiger partial charge in [0.15, 0.2) is 0 Å². The lowest BCUT2D eigenvalue weighted by atomic mass is 10.2. The molecule has 0 aliphatic heterocycles. The molecule has 0 bridgehead atoms. The molecule has 0 N–H and O–H groups in total. The minimum Gasteiger partial charge on any atom is -0.497 e. The fraction of sp³-hybridized carbons (Fsp3) is 0.111. The summed E-state index contributed by atoms with van der Waals surface area (Å²) in [5, 5.41) is 0. The fourth-order valence-corrected chi connectivity index (χ4v) is 1.66. The lowest BCUT2D eigenvalue weighted by molar-refractivity contribution is -0.130. The molecule has 0 saturated carbocycles. The van der Waals surface area contributed by atoms with E-state index in [4.69, 9.17) is 14.2 Å². The summed E-state index contributed by atoms with van der Waals surface area (Å²) in [7, 11) is 1.56. The van der Waals surface area contributed by atoms with Gasteiger partial charge in [-0.05, 0) is 55.5 Å². The van der Waals surface area contributed by atoms with Gasteiger partial charge in [-0.1, -0.05) is 6.58 Å². The summed E-state index contributed by atoms with van der Waals surface area (Å²) in [6.45, 7) is 5.06. The summed E-state index contributed by atoms with van der Waals surface area (Å²) in [5.74, 6) is 0.396. The van der Waals surface area contributed by atoms with E-state index in [0.29, 0.717) is 28.4 Å². The average Bonchev–Trinajstić information content (AvgIpc) is 2.56. The van der Waals surface area contributed by atoms with Crippen LogP contribution >= 0.6 is 0 Å². The zero-order valence-electron chi connectivity index (χ0n) is 12.9. The first-order valence-corrected chi connectivity index (χ1v) is 6.83. The first kappa shape index (κ1) is 16.3. The Bertz CT molecular complexity index is 714. The zero-order chi connectivity index (χ0) is 16.8. The molecule has 0 aliphatic carbocycles. The predicted octanol–water partition coefficient (Wildman–Crippen LogP) is 3.40. The Balaban J connectivity index is 2.01. The van der Waals surface area contributed by atoms with Gasteiger partial charge < -0.3 is 14.2 Å². The predicted molar refractivity (Wildman–Crippen MR) is 84.8 cm³/mol. The molecule has 0 heterocycles. The maximum atomic E-state index is 12.0. The van der Waals surface area contributed by atoms with E-state index in [2.05, 4.69) is 6.58 Å². The van der Waals surface area contributed by atoms with Crippen molar-refractivity contribution in [3.8, 4) is 17.2 Å². The molecule has 0 spiro atoms. The van der Waals surface area contributed by atoms with Crippen molar-refractivity contribution in [2.45, 2.75) is 6.92 Å². The molecule has 23 heavy (non-hydrogen) atoms. The molecule has 2 aromatic rings. The number of carbonyl (C=O) groups excluding carboxylic acids is 2. The number of hydrogen-bond donors (Lipinski definition) is 0. The van der Waals surface area contributed by atoms with Crippen molar-refractivity contribution in [3.63, 3.8) is 0 Å². The second-order valence-corrected chi connectivity index (χ2v) is 4.76. The highest BCUT2D eigenvalue weighted by Gasteiger charge is 2.10. The Hall–Kier alpha value is -3.08.